The number of hydrogen-bond acceptors (Lipinski definition) is 7. The van der Waals surface area contributed by atoms with E-state index in [4.69, 9.17) is 19.3 Å². The zero-order valence-corrected chi connectivity index (χ0v) is 27.1. The second-order valence-electron chi connectivity index (χ2n) is 12.3. The maximum atomic E-state index is 12.4. The molecule has 2 aliphatic rings. The third-order valence-corrected chi connectivity index (χ3v) is 8.23. The van der Waals surface area contributed by atoms with Gasteiger partial charge < -0.3 is 24.2 Å². The minimum atomic E-state index is -0.791. The number of anilines is 1. The number of halogens is 1. The molecule has 1 N–H and O–H groups in total. The van der Waals surface area contributed by atoms with Gasteiger partial charge in [-0.05, 0) is 92.6 Å². The molecule has 0 bridgehead atoms. The Balaban J connectivity index is 0.000000369. The molecule has 9 heteroatoms. The van der Waals surface area contributed by atoms with Crippen molar-refractivity contribution in [2.45, 2.75) is 83.6 Å². The second-order valence-corrected chi connectivity index (χ2v) is 12.3. The number of nitrogens with zero attached hydrogens (tertiary/aromatic N) is 1. The van der Waals surface area contributed by atoms with Crippen LogP contribution in [0.15, 0.2) is 72.8 Å². The van der Waals surface area contributed by atoms with E-state index >= 15 is 0 Å². The predicted octanol–water partition coefficient (Wildman–Crippen LogP) is 6.53. The average molecular weight is 634 g/mol. The molecule has 46 heavy (non-hydrogen) atoms. The number of ketones is 1. The highest BCUT2D eigenvalue weighted by Crippen LogP contribution is 2.39. The number of carbonyl (C=O) groups is 3. The maximum Gasteiger partial charge on any atom is 0.303 e. The number of aliphatic hydroxyl groups excluding tert-OH is 1. The first kappa shape index (κ1) is 34.9. The van der Waals surface area contributed by atoms with Crippen LogP contribution in [0.3, 0.4) is 0 Å². The Hall–Kier alpha value is -3.92. The summed E-state index contributed by atoms with van der Waals surface area (Å²) in [6.45, 7) is 7.67. The molecule has 246 valence electrons. The van der Waals surface area contributed by atoms with Crippen molar-refractivity contribution < 1.29 is 38.1 Å². The summed E-state index contributed by atoms with van der Waals surface area (Å²) < 4.78 is 29.6. The van der Waals surface area contributed by atoms with Gasteiger partial charge in [0.05, 0.1) is 25.7 Å². The van der Waals surface area contributed by atoms with Crippen LogP contribution in [0.25, 0.3) is 0 Å². The Kier molecular flexibility index (Phi) is 11.8. The van der Waals surface area contributed by atoms with Crippen molar-refractivity contribution in [3.05, 3.63) is 101 Å². The van der Waals surface area contributed by atoms with Crippen molar-refractivity contribution in [2.75, 3.05) is 24.7 Å². The first-order valence-corrected chi connectivity index (χ1v) is 15.8. The Morgan fingerprint density at radius 3 is 2.07 bits per heavy atom. The van der Waals surface area contributed by atoms with Gasteiger partial charge in [-0.3, -0.25) is 14.4 Å². The van der Waals surface area contributed by atoms with Gasteiger partial charge in [-0.15, -0.1) is 0 Å². The summed E-state index contributed by atoms with van der Waals surface area (Å²) in [5, 5.41) is 9.01. The van der Waals surface area contributed by atoms with Crippen molar-refractivity contribution in [1.82, 2.24) is 0 Å². The molecule has 2 fully saturated rings. The molecular formula is C37H44FNO7. The number of Topliss-reactive ketones (excluding diaryl/α,β-unsaturated/α-hetero) is 1. The summed E-state index contributed by atoms with van der Waals surface area (Å²) in [5.41, 5.74) is 4.05. The molecule has 0 aromatic heterocycles. The number of rotatable bonds is 11. The van der Waals surface area contributed by atoms with E-state index < -0.39 is 11.4 Å². The van der Waals surface area contributed by atoms with Gasteiger partial charge in [0.2, 0.25) is 5.91 Å². The smallest absolute Gasteiger partial charge is 0.303 e. The zero-order valence-electron chi connectivity index (χ0n) is 27.1. The Morgan fingerprint density at radius 1 is 0.935 bits per heavy atom. The molecule has 8 nitrogen and oxygen atoms in total. The van der Waals surface area contributed by atoms with Crippen molar-refractivity contribution in [2.24, 2.45) is 0 Å². The minimum Gasteiger partial charge on any atom is -0.454 e. The van der Waals surface area contributed by atoms with Gasteiger partial charge in [-0.1, -0.05) is 43.3 Å². The number of β-lactam (4-membered cyclic amide) rings is 1. The molecule has 1 atom stereocenters. The fourth-order valence-electron chi connectivity index (χ4n) is 5.49. The van der Waals surface area contributed by atoms with Crippen LogP contribution in [0, 0.1) is 5.82 Å². The Labute approximate surface area is 270 Å². The molecule has 1 amide bonds. The normalized spacial score (nSPS) is 18.2. The molecule has 3 aromatic carbocycles. The quantitative estimate of drug-likeness (QED) is 0.146. The summed E-state index contributed by atoms with van der Waals surface area (Å²) >= 11 is 0. The van der Waals surface area contributed by atoms with E-state index in [1.807, 2.05) is 43.0 Å². The van der Waals surface area contributed by atoms with Gasteiger partial charge in [-0.2, -0.15) is 0 Å². The van der Waals surface area contributed by atoms with Crippen LogP contribution in [0.4, 0.5) is 10.1 Å². The zero-order chi connectivity index (χ0) is 33.3. The standard InChI is InChI=1S/C28H35NO6.C9H9FO/c1-20(31)35-28(18-33-27(2,3)34-19-28)15-14-22-6-10-23(11-7-22)25-17-26(32)29(25)24-12-8-21(9-13-24)5-4-16-30;1-2-9(11)7-3-5-8(10)6-4-7/h6-13,25,30H,4-5,14-19H2,1-3H3;3-6H,2H2,1H3. The summed E-state index contributed by atoms with van der Waals surface area (Å²) in [7, 11) is 0. The van der Waals surface area contributed by atoms with Crippen LogP contribution in [-0.2, 0) is 36.6 Å². The van der Waals surface area contributed by atoms with Gasteiger partial charge in [0.15, 0.2) is 17.2 Å². The van der Waals surface area contributed by atoms with Gasteiger partial charge in [-0.25, -0.2) is 4.39 Å². The number of esters is 1. The SMILES string of the molecule is CC(=O)OC1(CCc2ccc(C3CC(=O)N3c3ccc(CCCO)cc3)cc2)COC(C)(C)OC1.CCC(=O)c1ccc(F)cc1. The Bertz CT molecular complexity index is 1460. The molecule has 0 aliphatic carbocycles. The predicted molar refractivity (Wildman–Crippen MR) is 173 cm³/mol. The fraction of sp³-hybridized carbons (Fsp3) is 0.432. The van der Waals surface area contributed by atoms with Gasteiger partial charge in [0, 0.05) is 31.2 Å². The van der Waals surface area contributed by atoms with Crippen molar-refractivity contribution in [1.29, 1.82) is 0 Å². The number of amides is 1. The molecule has 2 saturated heterocycles. The van der Waals surface area contributed by atoms with Gasteiger partial charge >= 0.3 is 5.97 Å². The number of ether oxygens (including phenoxy) is 3. The molecule has 3 aromatic rings. The van der Waals surface area contributed by atoms with Gasteiger partial charge in [0.25, 0.3) is 0 Å². The monoisotopic (exact) mass is 633 g/mol. The van der Waals surface area contributed by atoms with Crippen molar-refractivity contribution in [3.8, 4) is 0 Å². The van der Waals surface area contributed by atoms with E-state index in [1.54, 1.807) is 6.92 Å². The van der Waals surface area contributed by atoms with E-state index in [-0.39, 0.29) is 36.1 Å². The lowest BCUT2D eigenvalue weighted by atomic mass is 9.90. The summed E-state index contributed by atoms with van der Waals surface area (Å²) in [6.07, 6.45) is 3.82. The van der Waals surface area contributed by atoms with Crippen LogP contribution in [-0.4, -0.2) is 54.0 Å². The van der Waals surface area contributed by atoms with Crippen LogP contribution in [0.1, 0.15) is 86.5 Å². The molecule has 2 aliphatic heterocycles. The van der Waals surface area contributed by atoms with Crippen LogP contribution >= 0.6 is 0 Å². The number of aliphatic hydroxyl groups is 1. The van der Waals surface area contributed by atoms with E-state index in [0.717, 1.165) is 35.2 Å². The third-order valence-electron chi connectivity index (χ3n) is 8.23. The lowest BCUT2D eigenvalue weighted by molar-refractivity contribution is -0.305. The number of aryl methyl sites for hydroxylation is 2. The van der Waals surface area contributed by atoms with Gasteiger partial charge in [0.1, 0.15) is 5.82 Å². The molecule has 0 saturated carbocycles. The van der Waals surface area contributed by atoms with Crippen molar-refractivity contribution in [3.63, 3.8) is 0 Å². The minimum absolute atomic E-state index is 0.0228. The molecular weight excluding hydrogens is 589 g/mol. The lowest BCUT2D eigenvalue weighted by Crippen LogP contribution is -2.53. The summed E-state index contributed by atoms with van der Waals surface area (Å²) in [4.78, 5) is 37.0. The molecule has 1 unspecified atom stereocenters. The molecule has 0 spiro atoms. The fourth-order valence-corrected chi connectivity index (χ4v) is 5.49. The lowest BCUT2D eigenvalue weighted by Gasteiger charge is -2.42. The Morgan fingerprint density at radius 2 is 1.52 bits per heavy atom. The van der Waals surface area contributed by atoms with E-state index in [1.165, 1.54) is 31.2 Å². The first-order valence-electron chi connectivity index (χ1n) is 15.8. The first-order chi connectivity index (χ1) is 21.9. The molecule has 2 heterocycles. The second kappa shape index (κ2) is 15.6. The molecule has 0 radical (unpaired) electrons. The van der Waals surface area contributed by atoms with E-state index in [2.05, 4.69) is 24.3 Å². The third kappa shape index (κ3) is 9.31. The average Bonchev–Trinajstić information content (AvgIpc) is 3.04. The maximum absolute atomic E-state index is 12.4. The molecule has 5 rings (SSSR count). The summed E-state index contributed by atoms with van der Waals surface area (Å²) in [6, 6.07) is 21.9. The van der Waals surface area contributed by atoms with E-state index in [0.29, 0.717) is 44.5 Å². The largest absolute Gasteiger partial charge is 0.454 e. The highest BCUT2D eigenvalue weighted by atomic mass is 19.1. The number of carbonyl (C=O) groups excluding carboxylic acids is 3. The van der Waals surface area contributed by atoms with E-state index in [9.17, 15) is 18.8 Å². The van der Waals surface area contributed by atoms with Crippen LogP contribution < -0.4 is 4.90 Å². The number of benzene rings is 3. The van der Waals surface area contributed by atoms with Crippen LogP contribution in [0.5, 0.6) is 0 Å². The highest BCUT2D eigenvalue weighted by molar-refractivity contribution is 6.01. The topological polar surface area (TPSA) is 102 Å². The highest BCUT2D eigenvalue weighted by Gasteiger charge is 2.43. The number of hydrogen-bond donors (Lipinski definition) is 1. The summed E-state index contributed by atoms with van der Waals surface area (Å²) in [5.74, 6) is -1.17. The van der Waals surface area contributed by atoms with Crippen LogP contribution in [0.2, 0.25) is 0 Å². The van der Waals surface area contributed by atoms with Crippen molar-refractivity contribution >= 4 is 23.3 Å².